The highest BCUT2D eigenvalue weighted by Gasteiger charge is 2.30. The topological polar surface area (TPSA) is 50.2 Å². The fourth-order valence-electron chi connectivity index (χ4n) is 1.40. The molecule has 3 nitrogen and oxygen atoms in total. The minimum atomic E-state index is -0.741. The van der Waals surface area contributed by atoms with Gasteiger partial charge in [-0.3, -0.25) is 4.79 Å². The number of thiazole rings is 1. The van der Waals surface area contributed by atoms with Crippen molar-refractivity contribution in [3.63, 3.8) is 0 Å². The minimum Gasteiger partial charge on any atom is -0.481 e. The summed E-state index contributed by atoms with van der Waals surface area (Å²) in [6.07, 6.45) is 1.61. The monoisotopic (exact) mass is 169 g/mol. The van der Waals surface area contributed by atoms with Crippen LogP contribution in [0.1, 0.15) is 22.9 Å². The fraction of sp³-hybridized carbons (Fsp3) is 0.429. The standard InChI is InChI=1S/C7H7NO2S/c9-7(10)4-1-2-5-6(4)8-3-11-5/h3-4H,1-2H2,(H,9,10)/t4-/m1/s1. The predicted molar refractivity (Wildman–Crippen MR) is 40.8 cm³/mol. The zero-order valence-electron chi connectivity index (χ0n) is 5.78. The van der Waals surface area contributed by atoms with E-state index in [1.54, 1.807) is 16.8 Å². The minimum absolute atomic E-state index is 0.337. The molecular weight excluding hydrogens is 162 g/mol. The lowest BCUT2D eigenvalue weighted by molar-refractivity contribution is -0.138. The third-order valence-electron chi connectivity index (χ3n) is 1.96. The Kier molecular flexibility index (Phi) is 1.42. The number of aliphatic carboxylic acids is 1. The Morgan fingerprint density at radius 2 is 2.64 bits per heavy atom. The van der Waals surface area contributed by atoms with Gasteiger partial charge in [-0.25, -0.2) is 4.98 Å². The number of rotatable bonds is 1. The van der Waals surface area contributed by atoms with Crippen LogP contribution in [0, 0.1) is 0 Å². The smallest absolute Gasteiger partial charge is 0.312 e. The number of carboxylic acids is 1. The van der Waals surface area contributed by atoms with E-state index in [0.717, 1.165) is 23.4 Å². The average molecular weight is 169 g/mol. The number of fused-ring (bicyclic) bond motifs is 1. The van der Waals surface area contributed by atoms with Gasteiger partial charge in [0.15, 0.2) is 0 Å². The van der Waals surface area contributed by atoms with Crippen molar-refractivity contribution in [1.29, 1.82) is 0 Å². The molecule has 2 rings (SSSR count). The largest absolute Gasteiger partial charge is 0.481 e. The lowest BCUT2D eigenvalue weighted by Gasteiger charge is -1.99. The van der Waals surface area contributed by atoms with E-state index in [0.29, 0.717) is 0 Å². The Balaban J connectivity index is 2.38. The van der Waals surface area contributed by atoms with Crippen molar-refractivity contribution in [3.05, 3.63) is 16.1 Å². The van der Waals surface area contributed by atoms with Crippen LogP contribution in [-0.4, -0.2) is 16.1 Å². The van der Waals surface area contributed by atoms with Crippen LogP contribution in [-0.2, 0) is 11.2 Å². The van der Waals surface area contributed by atoms with Gasteiger partial charge in [-0.1, -0.05) is 0 Å². The molecule has 1 heterocycles. The van der Waals surface area contributed by atoms with Gasteiger partial charge in [0.05, 0.1) is 11.2 Å². The van der Waals surface area contributed by atoms with Gasteiger partial charge in [-0.2, -0.15) is 0 Å². The third kappa shape index (κ3) is 0.939. The summed E-state index contributed by atoms with van der Waals surface area (Å²) in [5.41, 5.74) is 2.52. The normalized spacial score (nSPS) is 21.6. The molecule has 0 unspecified atom stereocenters. The maximum Gasteiger partial charge on any atom is 0.312 e. The quantitative estimate of drug-likeness (QED) is 0.688. The second kappa shape index (κ2) is 2.30. The molecule has 0 bridgehead atoms. The first-order valence-electron chi connectivity index (χ1n) is 3.44. The highest BCUT2D eigenvalue weighted by Crippen LogP contribution is 2.34. The van der Waals surface area contributed by atoms with E-state index in [-0.39, 0.29) is 5.92 Å². The van der Waals surface area contributed by atoms with Crippen LogP contribution in [0.4, 0.5) is 0 Å². The van der Waals surface area contributed by atoms with Crippen molar-refractivity contribution in [1.82, 2.24) is 4.98 Å². The van der Waals surface area contributed by atoms with Crippen LogP contribution >= 0.6 is 11.3 Å². The van der Waals surface area contributed by atoms with E-state index >= 15 is 0 Å². The summed E-state index contributed by atoms with van der Waals surface area (Å²) < 4.78 is 0. The number of hydrogen-bond donors (Lipinski definition) is 1. The lowest BCUT2D eigenvalue weighted by atomic mass is 10.1. The summed E-state index contributed by atoms with van der Waals surface area (Å²) in [5, 5.41) is 8.74. The summed E-state index contributed by atoms with van der Waals surface area (Å²) in [4.78, 5) is 15.8. The molecule has 0 fully saturated rings. The molecule has 1 aliphatic rings. The lowest BCUT2D eigenvalue weighted by Crippen LogP contribution is -2.08. The Morgan fingerprint density at radius 1 is 1.82 bits per heavy atom. The summed E-state index contributed by atoms with van der Waals surface area (Å²) in [6.45, 7) is 0. The molecule has 1 aromatic rings. The van der Waals surface area contributed by atoms with Gasteiger partial charge in [0.1, 0.15) is 5.92 Å². The number of carboxylic acid groups (broad SMARTS) is 1. The molecule has 1 N–H and O–H groups in total. The number of aryl methyl sites for hydroxylation is 1. The number of hydrogen-bond acceptors (Lipinski definition) is 3. The molecule has 0 aliphatic heterocycles. The Labute approximate surface area is 67.7 Å². The van der Waals surface area contributed by atoms with Crippen LogP contribution in [0.25, 0.3) is 0 Å². The molecule has 4 heteroatoms. The molecule has 0 radical (unpaired) electrons. The highest BCUT2D eigenvalue weighted by atomic mass is 32.1. The van der Waals surface area contributed by atoms with Crippen molar-refractivity contribution in [2.75, 3.05) is 0 Å². The van der Waals surface area contributed by atoms with Gasteiger partial charge < -0.3 is 5.11 Å². The first-order valence-corrected chi connectivity index (χ1v) is 4.32. The second-order valence-corrected chi connectivity index (χ2v) is 3.53. The molecule has 11 heavy (non-hydrogen) atoms. The first-order chi connectivity index (χ1) is 5.29. The van der Waals surface area contributed by atoms with Crippen molar-refractivity contribution < 1.29 is 9.90 Å². The van der Waals surface area contributed by atoms with Gasteiger partial charge in [-0.05, 0) is 12.8 Å². The van der Waals surface area contributed by atoms with Crippen LogP contribution in [0.5, 0.6) is 0 Å². The summed E-state index contributed by atoms with van der Waals surface area (Å²) in [6, 6.07) is 0. The number of nitrogens with zero attached hydrogens (tertiary/aromatic N) is 1. The maximum absolute atomic E-state index is 10.6. The summed E-state index contributed by atoms with van der Waals surface area (Å²) in [5.74, 6) is -1.08. The van der Waals surface area contributed by atoms with Crippen molar-refractivity contribution in [2.24, 2.45) is 0 Å². The van der Waals surface area contributed by atoms with Gasteiger partial charge in [0, 0.05) is 4.88 Å². The molecule has 1 atom stereocenters. The average Bonchev–Trinajstić information content (AvgIpc) is 2.41. The van der Waals surface area contributed by atoms with E-state index in [1.165, 1.54) is 0 Å². The molecular formula is C7H7NO2S. The van der Waals surface area contributed by atoms with E-state index in [2.05, 4.69) is 4.98 Å². The maximum atomic E-state index is 10.6. The van der Waals surface area contributed by atoms with Gasteiger partial charge >= 0.3 is 5.97 Å². The third-order valence-corrected chi connectivity index (χ3v) is 2.87. The first kappa shape index (κ1) is 6.79. The van der Waals surface area contributed by atoms with E-state index < -0.39 is 5.97 Å². The van der Waals surface area contributed by atoms with Crippen LogP contribution in [0.3, 0.4) is 0 Å². The zero-order valence-corrected chi connectivity index (χ0v) is 6.60. The number of carbonyl (C=O) groups is 1. The molecule has 1 aliphatic carbocycles. The summed E-state index contributed by atoms with van der Waals surface area (Å²) >= 11 is 1.56. The zero-order chi connectivity index (χ0) is 7.84. The van der Waals surface area contributed by atoms with Crippen LogP contribution < -0.4 is 0 Å². The Bertz CT molecular complexity index is 294. The molecule has 0 saturated heterocycles. The second-order valence-electron chi connectivity index (χ2n) is 2.59. The van der Waals surface area contributed by atoms with Gasteiger partial charge in [-0.15, -0.1) is 11.3 Å². The SMILES string of the molecule is O=C(O)[C@@H]1CCc2scnc21. The van der Waals surface area contributed by atoms with E-state index in [9.17, 15) is 4.79 Å². The Morgan fingerprint density at radius 3 is 3.36 bits per heavy atom. The molecule has 0 amide bonds. The fourth-order valence-corrected chi connectivity index (χ4v) is 2.25. The van der Waals surface area contributed by atoms with Crippen molar-refractivity contribution >= 4 is 17.3 Å². The van der Waals surface area contributed by atoms with Crippen LogP contribution in [0.15, 0.2) is 5.51 Å². The van der Waals surface area contributed by atoms with Crippen molar-refractivity contribution in [2.45, 2.75) is 18.8 Å². The van der Waals surface area contributed by atoms with Gasteiger partial charge in [0.25, 0.3) is 0 Å². The van der Waals surface area contributed by atoms with Crippen molar-refractivity contribution in [3.8, 4) is 0 Å². The molecule has 0 saturated carbocycles. The number of aromatic nitrogens is 1. The Hall–Kier alpha value is -0.900. The summed E-state index contributed by atoms with van der Waals surface area (Å²) in [7, 11) is 0. The van der Waals surface area contributed by atoms with E-state index in [1.807, 2.05) is 0 Å². The highest BCUT2D eigenvalue weighted by molar-refractivity contribution is 7.09. The molecule has 0 spiro atoms. The predicted octanol–water partition coefficient (Wildman–Crippen LogP) is 1.26. The molecule has 1 aromatic heterocycles. The molecule has 58 valence electrons. The van der Waals surface area contributed by atoms with Gasteiger partial charge in [0.2, 0.25) is 0 Å². The van der Waals surface area contributed by atoms with E-state index in [4.69, 9.17) is 5.11 Å². The van der Waals surface area contributed by atoms with Crippen LogP contribution in [0.2, 0.25) is 0 Å². The molecule has 0 aromatic carbocycles.